The molecule has 0 saturated heterocycles. The summed E-state index contributed by atoms with van der Waals surface area (Å²) in [6.45, 7) is 5.88. The highest BCUT2D eigenvalue weighted by molar-refractivity contribution is 9.10. The van der Waals surface area contributed by atoms with Crippen molar-refractivity contribution in [2.24, 2.45) is 5.92 Å². The summed E-state index contributed by atoms with van der Waals surface area (Å²) in [5.41, 5.74) is 0.798. The molecule has 0 bridgehead atoms. The van der Waals surface area contributed by atoms with Crippen molar-refractivity contribution >= 4 is 27.5 Å². The molecule has 0 aliphatic rings. The summed E-state index contributed by atoms with van der Waals surface area (Å²) in [5, 5.41) is 3.98. The smallest absolute Gasteiger partial charge is 0.219 e. The first-order valence-electron chi connectivity index (χ1n) is 6.84. The Kier molecular flexibility index (Phi) is 6.03. The summed E-state index contributed by atoms with van der Waals surface area (Å²) in [5.74, 6) is 1.88. The summed E-state index contributed by atoms with van der Waals surface area (Å²) in [6.07, 6.45) is 0. The first-order valence-corrected chi connectivity index (χ1v) is 8.01. The van der Waals surface area contributed by atoms with Crippen molar-refractivity contribution in [3.05, 3.63) is 51.6 Å². The van der Waals surface area contributed by atoms with Gasteiger partial charge in [-0.05, 0) is 42.8 Å². The molecule has 0 spiro atoms. The Balaban J connectivity index is 2.05. The highest BCUT2D eigenvalue weighted by Gasteiger charge is 2.06. The molecule has 1 N–H and O–H groups in total. The molecular formula is C16H18BrClN2O. The van der Waals surface area contributed by atoms with Gasteiger partial charge < -0.3 is 10.1 Å². The van der Waals surface area contributed by atoms with Crippen LogP contribution >= 0.6 is 27.5 Å². The Morgan fingerprint density at radius 1 is 1.19 bits per heavy atom. The van der Waals surface area contributed by atoms with Gasteiger partial charge in [0.15, 0.2) is 0 Å². The van der Waals surface area contributed by atoms with E-state index in [0.29, 0.717) is 23.4 Å². The summed E-state index contributed by atoms with van der Waals surface area (Å²) >= 11 is 9.57. The molecule has 21 heavy (non-hydrogen) atoms. The van der Waals surface area contributed by atoms with Gasteiger partial charge in [-0.1, -0.05) is 41.4 Å². The lowest BCUT2D eigenvalue weighted by atomic mass is 10.2. The van der Waals surface area contributed by atoms with Crippen molar-refractivity contribution in [1.29, 1.82) is 0 Å². The van der Waals surface area contributed by atoms with Crippen molar-refractivity contribution in [3.8, 4) is 11.6 Å². The molecule has 5 heteroatoms. The summed E-state index contributed by atoms with van der Waals surface area (Å²) in [7, 11) is 0. The van der Waals surface area contributed by atoms with Gasteiger partial charge in [0.1, 0.15) is 5.75 Å². The molecule has 0 saturated carbocycles. The standard InChI is InChI=1S/C16H18BrClN2O/c1-11(2)9-19-10-15-14(18)7-8-16(20-15)21-13-5-3-12(17)4-6-13/h3-8,11,19H,9-10H2,1-2H3. The Labute approximate surface area is 138 Å². The van der Waals surface area contributed by atoms with Gasteiger partial charge in [-0.25, -0.2) is 4.98 Å². The van der Waals surface area contributed by atoms with Gasteiger partial charge in [0.05, 0.1) is 10.7 Å². The lowest BCUT2D eigenvalue weighted by Gasteiger charge is -2.10. The Morgan fingerprint density at radius 2 is 1.90 bits per heavy atom. The first-order chi connectivity index (χ1) is 10.0. The number of nitrogens with one attached hydrogen (secondary N) is 1. The number of rotatable bonds is 6. The zero-order valence-corrected chi connectivity index (χ0v) is 14.4. The third-order valence-corrected chi connectivity index (χ3v) is 3.65. The fourth-order valence-corrected chi connectivity index (χ4v) is 2.18. The van der Waals surface area contributed by atoms with Crippen LogP contribution in [-0.4, -0.2) is 11.5 Å². The molecule has 0 unspecified atom stereocenters. The van der Waals surface area contributed by atoms with E-state index >= 15 is 0 Å². The van der Waals surface area contributed by atoms with Gasteiger partial charge in [-0.3, -0.25) is 0 Å². The van der Waals surface area contributed by atoms with E-state index < -0.39 is 0 Å². The third-order valence-electron chi connectivity index (χ3n) is 2.77. The number of nitrogens with zero attached hydrogens (tertiary/aromatic N) is 1. The number of aromatic nitrogens is 1. The number of hydrogen-bond donors (Lipinski definition) is 1. The third kappa shape index (κ3) is 5.30. The second-order valence-corrected chi connectivity index (χ2v) is 6.48. The monoisotopic (exact) mass is 368 g/mol. The molecule has 112 valence electrons. The van der Waals surface area contributed by atoms with E-state index in [1.165, 1.54) is 0 Å². The SMILES string of the molecule is CC(C)CNCc1nc(Oc2ccc(Br)cc2)ccc1Cl. The second-order valence-electron chi connectivity index (χ2n) is 5.16. The van der Waals surface area contributed by atoms with Crippen molar-refractivity contribution in [2.75, 3.05) is 6.54 Å². The number of ether oxygens (including phenoxy) is 1. The van der Waals surface area contributed by atoms with Crippen LogP contribution in [0.15, 0.2) is 40.9 Å². The summed E-state index contributed by atoms with van der Waals surface area (Å²) < 4.78 is 6.75. The van der Waals surface area contributed by atoms with Crippen LogP contribution < -0.4 is 10.1 Å². The van der Waals surface area contributed by atoms with Gasteiger partial charge in [-0.2, -0.15) is 0 Å². The molecule has 0 aliphatic carbocycles. The van der Waals surface area contributed by atoms with Crippen LogP contribution in [0.4, 0.5) is 0 Å². The number of pyridine rings is 1. The molecule has 1 aromatic heterocycles. The Hall–Kier alpha value is -1.10. The fraction of sp³-hybridized carbons (Fsp3) is 0.312. The Bertz CT molecular complexity index is 587. The minimum Gasteiger partial charge on any atom is -0.439 e. The highest BCUT2D eigenvalue weighted by atomic mass is 79.9. The summed E-state index contributed by atoms with van der Waals surface area (Å²) in [4.78, 5) is 4.46. The van der Waals surface area contributed by atoms with E-state index in [4.69, 9.17) is 16.3 Å². The molecule has 2 rings (SSSR count). The minimum atomic E-state index is 0.545. The van der Waals surface area contributed by atoms with E-state index in [9.17, 15) is 0 Å². The van der Waals surface area contributed by atoms with Crippen LogP contribution in [0.25, 0.3) is 0 Å². The van der Waals surface area contributed by atoms with Gasteiger partial charge in [0.2, 0.25) is 5.88 Å². The van der Waals surface area contributed by atoms with Crippen molar-refractivity contribution in [1.82, 2.24) is 10.3 Å². The second kappa shape index (κ2) is 7.78. The number of benzene rings is 1. The molecule has 0 atom stereocenters. The average molecular weight is 370 g/mol. The van der Waals surface area contributed by atoms with E-state index in [2.05, 4.69) is 40.1 Å². The lowest BCUT2D eigenvalue weighted by molar-refractivity contribution is 0.458. The van der Waals surface area contributed by atoms with E-state index in [1.807, 2.05) is 30.3 Å². The quantitative estimate of drug-likeness (QED) is 0.775. The van der Waals surface area contributed by atoms with Crippen LogP contribution in [0.3, 0.4) is 0 Å². The zero-order valence-electron chi connectivity index (χ0n) is 12.1. The van der Waals surface area contributed by atoms with Crippen molar-refractivity contribution in [2.45, 2.75) is 20.4 Å². The minimum absolute atomic E-state index is 0.545. The number of halogens is 2. The predicted octanol–water partition coefficient (Wildman–Crippen LogP) is 5.04. The lowest BCUT2D eigenvalue weighted by Crippen LogP contribution is -2.19. The maximum atomic E-state index is 6.17. The van der Waals surface area contributed by atoms with Crippen LogP contribution in [0.2, 0.25) is 5.02 Å². The molecule has 2 aromatic rings. The molecule has 1 aromatic carbocycles. The van der Waals surface area contributed by atoms with Crippen molar-refractivity contribution in [3.63, 3.8) is 0 Å². The molecule has 0 aliphatic heterocycles. The van der Waals surface area contributed by atoms with Crippen LogP contribution in [0.5, 0.6) is 11.6 Å². The number of hydrogen-bond acceptors (Lipinski definition) is 3. The normalized spacial score (nSPS) is 10.9. The molecule has 3 nitrogen and oxygen atoms in total. The van der Waals surface area contributed by atoms with Gasteiger partial charge in [-0.15, -0.1) is 0 Å². The van der Waals surface area contributed by atoms with E-state index in [0.717, 1.165) is 22.5 Å². The largest absolute Gasteiger partial charge is 0.439 e. The topological polar surface area (TPSA) is 34.2 Å². The molecule has 0 fully saturated rings. The van der Waals surface area contributed by atoms with E-state index in [1.54, 1.807) is 6.07 Å². The zero-order chi connectivity index (χ0) is 15.2. The van der Waals surface area contributed by atoms with Gasteiger partial charge >= 0.3 is 0 Å². The van der Waals surface area contributed by atoms with Crippen LogP contribution in [-0.2, 0) is 6.54 Å². The predicted molar refractivity (Wildman–Crippen MR) is 90.0 cm³/mol. The average Bonchev–Trinajstić information content (AvgIpc) is 2.44. The molecular weight excluding hydrogens is 352 g/mol. The summed E-state index contributed by atoms with van der Waals surface area (Å²) in [6, 6.07) is 11.2. The van der Waals surface area contributed by atoms with Gasteiger partial charge in [0, 0.05) is 17.1 Å². The van der Waals surface area contributed by atoms with E-state index in [-0.39, 0.29) is 0 Å². The molecule has 1 heterocycles. The maximum absolute atomic E-state index is 6.17. The fourth-order valence-electron chi connectivity index (χ4n) is 1.75. The Morgan fingerprint density at radius 3 is 2.57 bits per heavy atom. The maximum Gasteiger partial charge on any atom is 0.219 e. The van der Waals surface area contributed by atoms with Gasteiger partial charge in [0.25, 0.3) is 0 Å². The van der Waals surface area contributed by atoms with Crippen LogP contribution in [0.1, 0.15) is 19.5 Å². The van der Waals surface area contributed by atoms with Crippen LogP contribution in [0, 0.1) is 5.92 Å². The first kappa shape index (κ1) is 16.3. The molecule has 0 amide bonds. The highest BCUT2D eigenvalue weighted by Crippen LogP contribution is 2.24. The van der Waals surface area contributed by atoms with Crippen molar-refractivity contribution < 1.29 is 4.74 Å². The molecule has 0 radical (unpaired) electrons.